The van der Waals surface area contributed by atoms with Crippen LogP contribution in [-0.4, -0.2) is 27.1 Å². The molecule has 0 radical (unpaired) electrons. The molecule has 106 valence electrons. The van der Waals surface area contributed by atoms with Crippen molar-refractivity contribution in [2.24, 2.45) is 5.92 Å². The van der Waals surface area contributed by atoms with Crippen molar-refractivity contribution < 1.29 is 9.53 Å². The summed E-state index contributed by atoms with van der Waals surface area (Å²) in [6, 6.07) is 3.49. The van der Waals surface area contributed by atoms with E-state index in [2.05, 4.69) is 33.7 Å². The second-order valence-corrected chi connectivity index (χ2v) is 5.49. The lowest BCUT2D eigenvalue weighted by molar-refractivity contribution is 0.102. The molecule has 2 aromatic heterocycles. The highest BCUT2D eigenvalue weighted by Crippen LogP contribution is 2.15. The Balaban J connectivity index is 1.97. The van der Waals surface area contributed by atoms with Gasteiger partial charge in [0.1, 0.15) is 4.88 Å². The number of amides is 1. The number of nitrogens with one attached hydrogen (secondary N) is 1. The molecule has 0 spiro atoms. The first-order valence-electron chi connectivity index (χ1n) is 6.25. The van der Waals surface area contributed by atoms with E-state index in [0.29, 0.717) is 34.7 Å². The molecule has 0 atom stereocenters. The first kappa shape index (κ1) is 14.4. The molecule has 0 aliphatic carbocycles. The average Bonchev–Trinajstić information content (AvgIpc) is 2.84. The molecular weight excluding hydrogens is 276 g/mol. The Morgan fingerprint density at radius 3 is 2.80 bits per heavy atom. The Morgan fingerprint density at radius 2 is 2.25 bits per heavy atom. The van der Waals surface area contributed by atoms with Crippen molar-refractivity contribution >= 4 is 23.1 Å². The van der Waals surface area contributed by atoms with Gasteiger partial charge in [-0.3, -0.25) is 4.79 Å². The molecule has 0 fully saturated rings. The minimum absolute atomic E-state index is 0.227. The Bertz CT molecular complexity index is 580. The van der Waals surface area contributed by atoms with Gasteiger partial charge in [-0.25, -0.2) is 4.98 Å². The van der Waals surface area contributed by atoms with E-state index >= 15 is 0 Å². The summed E-state index contributed by atoms with van der Waals surface area (Å²) in [6.07, 6.45) is 1.57. The second-order valence-electron chi connectivity index (χ2n) is 4.73. The highest BCUT2D eigenvalue weighted by atomic mass is 32.1. The van der Waals surface area contributed by atoms with Gasteiger partial charge in [-0.05, 0) is 30.4 Å². The van der Waals surface area contributed by atoms with E-state index < -0.39 is 0 Å². The van der Waals surface area contributed by atoms with E-state index in [9.17, 15) is 4.79 Å². The quantitative estimate of drug-likeness (QED) is 0.916. The largest absolute Gasteiger partial charge is 0.477 e. The Hall–Kier alpha value is -2.02. The summed E-state index contributed by atoms with van der Waals surface area (Å²) in [5, 5.41) is 6.56. The van der Waals surface area contributed by atoms with Crippen molar-refractivity contribution in [2.75, 3.05) is 11.9 Å². The monoisotopic (exact) mass is 292 g/mol. The highest BCUT2D eigenvalue weighted by Gasteiger charge is 2.13. The number of ether oxygens (including phenoxy) is 1. The zero-order valence-corrected chi connectivity index (χ0v) is 12.4. The Kier molecular flexibility index (Phi) is 4.62. The molecule has 2 heterocycles. The molecule has 6 nitrogen and oxygen atoms in total. The molecule has 0 unspecified atom stereocenters. The van der Waals surface area contributed by atoms with Crippen LogP contribution in [0.15, 0.2) is 18.3 Å². The van der Waals surface area contributed by atoms with Gasteiger partial charge in [-0.2, -0.15) is 0 Å². The van der Waals surface area contributed by atoms with Gasteiger partial charge in [-0.15, -0.1) is 5.10 Å². The third-order valence-corrected chi connectivity index (χ3v) is 3.24. The molecule has 2 aromatic rings. The molecule has 1 N–H and O–H groups in total. The third kappa shape index (κ3) is 3.74. The van der Waals surface area contributed by atoms with Crippen LogP contribution in [0.3, 0.4) is 0 Å². The van der Waals surface area contributed by atoms with E-state index in [4.69, 9.17) is 4.74 Å². The van der Waals surface area contributed by atoms with Crippen molar-refractivity contribution in [1.82, 2.24) is 14.6 Å². The van der Waals surface area contributed by atoms with Crippen LogP contribution in [0.5, 0.6) is 5.88 Å². The van der Waals surface area contributed by atoms with Gasteiger partial charge in [0.2, 0.25) is 5.88 Å². The molecule has 20 heavy (non-hydrogen) atoms. The van der Waals surface area contributed by atoms with Gasteiger partial charge in [0.15, 0.2) is 0 Å². The number of hydrogen-bond donors (Lipinski definition) is 1. The highest BCUT2D eigenvalue weighted by molar-refractivity contribution is 7.08. The Labute approximate surface area is 121 Å². The number of nitrogens with zero attached hydrogens (tertiary/aromatic N) is 3. The second kappa shape index (κ2) is 6.42. The molecule has 2 rings (SSSR count). The van der Waals surface area contributed by atoms with Crippen molar-refractivity contribution in [3.05, 3.63) is 28.9 Å². The summed E-state index contributed by atoms with van der Waals surface area (Å²) < 4.78 is 9.21. The average molecular weight is 292 g/mol. The lowest BCUT2D eigenvalue weighted by atomic mass is 10.2. The molecule has 0 aromatic carbocycles. The summed E-state index contributed by atoms with van der Waals surface area (Å²) in [5.41, 5.74) is 1.23. The maximum Gasteiger partial charge on any atom is 0.269 e. The normalized spacial score (nSPS) is 10.6. The van der Waals surface area contributed by atoms with Gasteiger partial charge in [0, 0.05) is 6.07 Å². The first-order chi connectivity index (χ1) is 9.56. The van der Waals surface area contributed by atoms with Crippen LogP contribution in [0.2, 0.25) is 0 Å². The van der Waals surface area contributed by atoms with Crippen molar-refractivity contribution in [3.63, 3.8) is 0 Å². The van der Waals surface area contributed by atoms with E-state index in [0.717, 1.165) is 11.5 Å². The summed E-state index contributed by atoms with van der Waals surface area (Å²) >= 11 is 1.07. The van der Waals surface area contributed by atoms with Gasteiger partial charge in [0.05, 0.1) is 24.2 Å². The molecular formula is C13H16N4O2S. The lowest BCUT2D eigenvalue weighted by Gasteiger charge is -2.08. The minimum Gasteiger partial charge on any atom is -0.477 e. The molecule has 0 saturated heterocycles. The van der Waals surface area contributed by atoms with E-state index in [1.54, 1.807) is 25.3 Å². The van der Waals surface area contributed by atoms with Crippen LogP contribution >= 0.6 is 11.5 Å². The van der Waals surface area contributed by atoms with Crippen LogP contribution in [0.25, 0.3) is 0 Å². The summed E-state index contributed by atoms with van der Waals surface area (Å²) in [4.78, 5) is 16.6. The summed E-state index contributed by atoms with van der Waals surface area (Å²) in [5.74, 6) is 0.764. The van der Waals surface area contributed by atoms with Crippen molar-refractivity contribution in [1.29, 1.82) is 0 Å². The SMILES string of the molecule is Cc1nnsc1C(=O)Nc1ccc(OCC(C)C)nc1. The summed E-state index contributed by atoms with van der Waals surface area (Å²) in [6.45, 7) is 6.50. The fraction of sp³-hybridized carbons (Fsp3) is 0.385. The van der Waals surface area contributed by atoms with Crippen LogP contribution in [0.1, 0.15) is 29.2 Å². The maximum absolute atomic E-state index is 12.0. The van der Waals surface area contributed by atoms with Gasteiger partial charge >= 0.3 is 0 Å². The predicted molar refractivity (Wildman–Crippen MR) is 77.2 cm³/mol. The minimum atomic E-state index is -0.227. The van der Waals surface area contributed by atoms with Crippen molar-refractivity contribution in [3.8, 4) is 5.88 Å². The van der Waals surface area contributed by atoms with Crippen LogP contribution in [0.4, 0.5) is 5.69 Å². The molecule has 0 saturated carbocycles. The number of carbonyl (C=O) groups is 1. The number of anilines is 1. The number of aromatic nitrogens is 3. The standard InChI is InChI=1S/C13H16N4O2S/c1-8(2)7-19-11-5-4-10(6-14-11)15-13(18)12-9(3)16-17-20-12/h4-6,8H,7H2,1-3H3,(H,15,18). The van der Waals surface area contributed by atoms with Crippen LogP contribution in [-0.2, 0) is 0 Å². The number of hydrogen-bond acceptors (Lipinski definition) is 6. The third-order valence-electron chi connectivity index (χ3n) is 2.42. The zero-order valence-electron chi connectivity index (χ0n) is 11.6. The number of rotatable bonds is 5. The molecule has 7 heteroatoms. The molecule has 1 amide bonds. The molecule has 0 bridgehead atoms. The fourth-order valence-corrected chi connectivity index (χ4v) is 1.97. The number of carbonyl (C=O) groups excluding carboxylic acids is 1. The zero-order chi connectivity index (χ0) is 14.5. The molecule has 0 aliphatic heterocycles. The van der Waals surface area contributed by atoms with Crippen LogP contribution in [0, 0.1) is 12.8 Å². The Morgan fingerprint density at radius 1 is 1.45 bits per heavy atom. The smallest absolute Gasteiger partial charge is 0.269 e. The topological polar surface area (TPSA) is 77.0 Å². The lowest BCUT2D eigenvalue weighted by Crippen LogP contribution is -2.12. The number of pyridine rings is 1. The van der Waals surface area contributed by atoms with Crippen molar-refractivity contribution in [2.45, 2.75) is 20.8 Å². The number of aryl methyl sites for hydroxylation is 1. The maximum atomic E-state index is 12.0. The van der Waals surface area contributed by atoms with E-state index in [1.165, 1.54) is 0 Å². The summed E-state index contributed by atoms with van der Waals surface area (Å²) in [7, 11) is 0. The first-order valence-corrected chi connectivity index (χ1v) is 7.02. The van der Waals surface area contributed by atoms with Crippen LogP contribution < -0.4 is 10.1 Å². The fourth-order valence-electron chi connectivity index (χ4n) is 1.42. The van der Waals surface area contributed by atoms with Gasteiger partial charge < -0.3 is 10.1 Å². The predicted octanol–water partition coefficient (Wildman–Crippen LogP) is 2.53. The van der Waals surface area contributed by atoms with Gasteiger partial charge in [-0.1, -0.05) is 18.3 Å². The van der Waals surface area contributed by atoms with E-state index in [-0.39, 0.29) is 5.91 Å². The van der Waals surface area contributed by atoms with Gasteiger partial charge in [0.25, 0.3) is 5.91 Å². The molecule has 0 aliphatic rings. The van der Waals surface area contributed by atoms with E-state index in [1.807, 2.05) is 0 Å².